The van der Waals surface area contributed by atoms with Gasteiger partial charge in [-0.05, 0) is 17.7 Å². The quantitative estimate of drug-likeness (QED) is 0.868. The van der Waals surface area contributed by atoms with Gasteiger partial charge in [0.05, 0.1) is 5.92 Å². The van der Waals surface area contributed by atoms with Gasteiger partial charge in [-0.15, -0.1) is 0 Å². The predicted molar refractivity (Wildman–Crippen MR) is 71.6 cm³/mol. The first-order valence-corrected chi connectivity index (χ1v) is 7.52. The number of benzene rings is 1. The third-order valence-electron chi connectivity index (χ3n) is 3.18. The standard InChI is InChI=1S/C13H18N2O2S/c1-15(13(16)11-7-14-8-11)9-10-3-5-12(6-4-10)18(2)17/h3-6,11,14H,7-9H2,1-2H3. The third kappa shape index (κ3) is 2.97. The molecule has 1 aromatic carbocycles. The summed E-state index contributed by atoms with van der Waals surface area (Å²) in [5, 5.41) is 3.10. The fourth-order valence-corrected chi connectivity index (χ4v) is 2.43. The summed E-state index contributed by atoms with van der Waals surface area (Å²) in [5.41, 5.74) is 1.06. The average Bonchev–Trinajstić information content (AvgIpc) is 2.27. The van der Waals surface area contributed by atoms with Gasteiger partial charge in [0.2, 0.25) is 5.91 Å². The molecule has 0 aromatic heterocycles. The first-order valence-electron chi connectivity index (χ1n) is 5.96. The molecule has 5 heteroatoms. The fraction of sp³-hybridized carbons (Fsp3) is 0.462. The molecule has 0 bridgehead atoms. The Morgan fingerprint density at radius 2 is 2.00 bits per heavy atom. The number of nitrogens with one attached hydrogen (secondary N) is 1. The maximum Gasteiger partial charge on any atom is 0.228 e. The first kappa shape index (κ1) is 13.2. The van der Waals surface area contributed by atoms with E-state index in [1.54, 1.807) is 11.2 Å². The second-order valence-electron chi connectivity index (χ2n) is 4.65. The van der Waals surface area contributed by atoms with Gasteiger partial charge in [0.1, 0.15) is 0 Å². The molecular weight excluding hydrogens is 248 g/mol. The van der Waals surface area contributed by atoms with E-state index in [2.05, 4.69) is 5.32 Å². The Labute approximate surface area is 110 Å². The van der Waals surface area contributed by atoms with Crippen molar-refractivity contribution in [3.05, 3.63) is 29.8 Å². The van der Waals surface area contributed by atoms with Gasteiger partial charge in [-0.3, -0.25) is 9.00 Å². The SMILES string of the molecule is CN(Cc1ccc(S(C)=O)cc1)C(=O)C1CNC1. The minimum atomic E-state index is -0.947. The number of hydrogen-bond donors (Lipinski definition) is 1. The Kier molecular flexibility index (Phi) is 4.14. The molecule has 1 atom stereocenters. The fourth-order valence-electron chi connectivity index (χ4n) is 1.91. The molecule has 18 heavy (non-hydrogen) atoms. The van der Waals surface area contributed by atoms with Crippen LogP contribution in [0.3, 0.4) is 0 Å². The second kappa shape index (κ2) is 5.63. The molecule has 1 aliphatic rings. The summed E-state index contributed by atoms with van der Waals surface area (Å²) < 4.78 is 11.3. The summed E-state index contributed by atoms with van der Waals surface area (Å²) in [4.78, 5) is 14.5. The lowest BCUT2D eigenvalue weighted by molar-refractivity contribution is -0.136. The summed E-state index contributed by atoms with van der Waals surface area (Å²) >= 11 is 0. The van der Waals surface area contributed by atoms with Crippen LogP contribution in [0.1, 0.15) is 5.56 Å². The van der Waals surface area contributed by atoms with E-state index >= 15 is 0 Å². The van der Waals surface area contributed by atoms with Crippen molar-refractivity contribution < 1.29 is 9.00 Å². The summed E-state index contributed by atoms with van der Waals surface area (Å²) in [5.74, 6) is 0.328. The zero-order chi connectivity index (χ0) is 13.1. The number of nitrogens with zero attached hydrogens (tertiary/aromatic N) is 1. The van der Waals surface area contributed by atoms with Crippen LogP contribution in [0.2, 0.25) is 0 Å². The van der Waals surface area contributed by atoms with Gasteiger partial charge in [-0.1, -0.05) is 12.1 Å². The molecule has 1 aromatic rings. The van der Waals surface area contributed by atoms with E-state index in [9.17, 15) is 9.00 Å². The van der Waals surface area contributed by atoms with E-state index in [4.69, 9.17) is 0 Å². The second-order valence-corrected chi connectivity index (χ2v) is 6.03. The van der Waals surface area contributed by atoms with Gasteiger partial charge in [0.25, 0.3) is 0 Å². The molecule has 1 N–H and O–H groups in total. The van der Waals surface area contributed by atoms with Crippen molar-refractivity contribution in [2.75, 3.05) is 26.4 Å². The molecule has 4 nitrogen and oxygen atoms in total. The Morgan fingerprint density at radius 3 is 2.44 bits per heavy atom. The molecule has 1 amide bonds. The zero-order valence-corrected chi connectivity index (χ0v) is 11.5. The molecule has 0 spiro atoms. The Balaban J connectivity index is 1.95. The molecule has 1 unspecified atom stereocenters. The van der Waals surface area contributed by atoms with Crippen molar-refractivity contribution in [3.63, 3.8) is 0 Å². The van der Waals surface area contributed by atoms with Crippen molar-refractivity contribution in [2.45, 2.75) is 11.4 Å². The van der Waals surface area contributed by atoms with E-state index in [1.165, 1.54) is 0 Å². The molecule has 0 radical (unpaired) electrons. The normalized spacial score (nSPS) is 17.0. The molecule has 1 saturated heterocycles. The van der Waals surface area contributed by atoms with Crippen molar-refractivity contribution >= 4 is 16.7 Å². The summed E-state index contributed by atoms with van der Waals surface area (Å²) in [6, 6.07) is 7.57. The van der Waals surface area contributed by atoms with Crippen LogP contribution in [-0.4, -0.2) is 41.4 Å². The van der Waals surface area contributed by atoms with Crippen LogP contribution < -0.4 is 5.32 Å². The van der Waals surface area contributed by atoms with Crippen LogP contribution in [0, 0.1) is 5.92 Å². The number of carbonyl (C=O) groups excluding carboxylic acids is 1. The Morgan fingerprint density at radius 1 is 1.39 bits per heavy atom. The topological polar surface area (TPSA) is 49.4 Å². The molecule has 98 valence electrons. The maximum atomic E-state index is 11.9. The minimum absolute atomic E-state index is 0.136. The average molecular weight is 266 g/mol. The van der Waals surface area contributed by atoms with Crippen molar-refractivity contribution in [1.29, 1.82) is 0 Å². The molecule has 1 fully saturated rings. The monoisotopic (exact) mass is 266 g/mol. The predicted octanol–water partition coefficient (Wildman–Crippen LogP) is 0.602. The summed E-state index contributed by atoms with van der Waals surface area (Å²) in [6.45, 7) is 2.18. The number of hydrogen-bond acceptors (Lipinski definition) is 3. The van der Waals surface area contributed by atoms with E-state index < -0.39 is 10.8 Å². The highest BCUT2D eigenvalue weighted by Crippen LogP contribution is 2.12. The smallest absolute Gasteiger partial charge is 0.228 e. The van der Waals surface area contributed by atoms with E-state index in [0.29, 0.717) is 6.54 Å². The number of carbonyl (C=O) groups is 1. The number of rotatable bonds is 4. The van der Waals surface area contributed by atoms with Gasteiger partial charge in [0, 0.05) is 48.6 Å². The van der Waals surface area contributed by atoms with Crippen LogP contribution in [0.25, 0.3) is 0 Å². The van der Waals surface area contributed by atoms with Crippen LogP contribution in [0.15, 0.2) is 29.2 Å². The van der Waals surface area contributed by atoms with Gasteiger partial charge in [-0.25, -0.2) is 0 Å². The lowest BCUT2D eigenvalue weighted by Gasteiger charge is -2.30. The van der Waals surface area contributed by atoms with Crippen molar-refractivity contribution in [2.24, 2.45) is 5.92 Å². The molecule has 1 heterocycles. The third-order valence-corrected chi connectivity index (χ3v) is 4.12. The maximum absolute atomic E-state index is 11.9. The molecule has 0 aliphatic carbocycles. The largest absolute Gasteiger partial charge is 0.341 e. The first-order chi connectivity index (χ1) is 8.58. The Hall–Kier alpha value is -1.20. The Bertz CT molecular complexity index is 455. The van der Waals surface area contributed by atoms with Gasteiger partial charge in [-0.2, -0.15) is 0 Å². The molecular formula is C13H18N2O2S. The molecule has 2 rings (SSSR count). The highest BCUT2D eigenvalue weighted by molar-refractivity contribution is 7.84. The highest BCUT2D eigenvalue weighted by Gasteiger charge is 2.27. The van der Waals surface area contributed by atoms with E-state index in [1.807, 2.05) is 31.3 Å². The van der Waals surface area contributed by atoms with Crippen LogP contribution >= 0.6 is 0 Å². The highest BCUT2D eigenvalue weighted by atomic mass is 32.2. The zero-order valence-electron chi connectivity index (χ0n) is 10.7. The summed E-state index contributed by atoms with van der Waals surface area (Å²) in [7, 11) is 0.879. The van der Waals surface area contributed by atoms with E-state index in [-0.39, 0.29) is 11.8 Å². The van der Waals surface area contributed by atoms with Crippen molar-refractivity contribution in [1.82, 2.24) is 10.2 Å². The lowest BCUT2D eigenvalue weighted by Crippen LogP contribution is -2.50. The van der Waals surface area contributed by atoms with Crippen molar-refractivity contribution in [3.8, 4) is 0 Å². The minimum Gasteiger partial charge on any atom is -0.341 e. The van der Waals surface area contributed by atoms with E-state index in [0.717, 1.165) is 23.5 Å². The van der Waals surface area contributed by atoms with Crippen LogP contribution in [0.4, 0.5) is 0 Å². The van der Waals surface area contributed by atoms with Gasteiger partial charge < -0.3 is 10.2 Å². The summed E-state index contributed by atoms with van der Waals surface area (Å²) in [6.07, 6.45) is 1.66. The van der Waals surface area contributed by atoms with Gasteiger partial charge >= 0.3 is 0 Å². The van der Waals surface area contributed by atoms with Crippen LogP contribution in [-0.2, 0) is 22.1 Å². The molecule has 0 saturated carbocycles. The van der Waals surface area contributed by atoms with Gasteiger partial charge in [0.15, 0.2) is 0 Å². The lowest BCUT2D eigenvalue weighted by atomic mass is 10.0. The number of amides is 1. The van der Waals surface area contributed by atoms with Crippen LogP contribution in [0.5, 0.6) is 0 Å². The molecule has 1 aliphatic heterocycles.